The Morgan fingerprint density at radius 1 is 1.11 bits per heavy atom. The van der Waals surface area contributed by atoms with E-state index in [0.717, 1.165) is 18.5 Å². The Labute approximate surface area is 169 Å². The Bertz CT molecular complexity index is 1000. The number of aromatic nitrogens is 1. The molecule has 1 aromatic carbocycles. The molecule has 1 aliphatic heterocycles. The van der Waals surface area contributed by atoms with Crippen molar-refractivity contribution in [2.45, 2.75) is 51.6 Å². The molecule has 1 aliphatic carbocycles. The monoisotopic (exact) mass is 391 g/mol. The Morgan fingerprint density at radius 2 is 1.93 bits per heavy atom. The van der Waals surface area contributed by atoms with E-state index in [9.17, 15) is 4.79 Å². The molecule has 5 rings (SSSR count). The maximum atomic E-state index is 13.3. The predicted octanol–water partition coefficient (Wildman–Crippen LogP) is 5.92. The van der Waals surface area contributed by atoms with Gasteiger partial charge in [-0.25, -0.2) is 4.79 Å². The second-order valence-corrected chi connectivity index (χ2v) is 8.73. The highest BCUT2D eigenvalue weighted by molar-refractivity contribution is 7.15. The van der Waals surface area contributed by atoms with Crippen LogP contribution in [0.2, 0.25) is 0 Å². The molecule has 5 heteroatoms. The number of thiophene rings is 1. The van der Waals surface area contributed by atoms with Crippen LogP contribution in [-0.4, -0.2) is 15.5 Å². The van der Waals surface area contributed by atoms with E-state index in [-0.39, 0.29) is 12.1 Å². The van der Waals surface area contributed by atoms with Gasteiger partial charge in [0, 0.05) is 28.0 Å². The highest BCUT2D eigenvalue weighted by Gasteiger charge is 2.34. The van der Waals surface area contributed by atoms with Crippen molar-refractivity contribution in [2.24, 2.45) is 0 Å². The second-order valence-electron chi connectivity index (χ2n) is 7.65. The lowest BCUT2D eigenvalue weighted by molar-refractivity contribution is 0.181. The number of fused-ring (bicyclic) bond motifs is 5. The number of nitrogens with one attached hydrogen (secondary N) is 1. The summed E-state index contributed by atoms with van der Waals surface area (Å²) in [5.41, 5.74) is 4.91. The van der Waals surface area contributed by atoms with Gasteiger partial charge in [0.05, 0.1) is 12.6 Å². The fraction of sp³-hybridized carbons (Fsp3) is 0.348. The summed E-state index contributed by atoms with van der Waals surface area (Å²) in [7, 11) is 0. The maximum Gasteiger partial charge on any atom is 0.322 e. The van der Waals surface area contributed by atoms with Gasteiger partial charge in [-0.15, -0.1) is 11.3 Å². The third-order valence-corrected chi connectivity index (χ3v) is 7.31. The van der Waals surface area contributed by atoms with Crippen molar-refractivity contribution >= 4 is 23.1 Å². The molecule has 3 heterocycles. The minimum atomic E-state index is -0.0191. The van der Waals surface area contributed by atoms with Gasteiger partial charge in [0.1, 0.15) is 5.00 Å². The molecular weight excluding hydrogens is 366 g/mol. The Morgan fingerprint density at radius 3 is 2.75 bits per heavy atom. The van der Waals surface area contributed by atoms with Gasteiger partial charge in [0.25, 0.3) is 0 Å². The van der Waals surface area contributed by atoms with Crippen LogP contribution in [0.3, 0.4) is 0 Å². The quantitative estimate of drug-likeness (QED) is 0.579. The SMILES string of the molecule is CC[C@@H]1c2cccn2-c2sc3c(c2CN1C(=O)Nc1ccccc1)CCCC3. The third-order valence-electron chi connectivity index (χ3n) is 5.98. The standard InChI is InChI=1S/C23H25N3OS/c1-2-19-20-12-8-14-25(20)22-18(17-11-6-7-13-21(17)28-22)15-26(19)23(27)24-16-9-4-3-5-10-16/h3-5,8-10,12,14,19H,2,6-7,11,13,15H2,1H3,(H,24,27)/t19-/m1/s1. The molecule has 1 atom stereocenters. The third kappa shape index (κ3) is 2.85. The van der Waals surface area contributed by atoms with Crippen LogP contribution in [0.25, 0.3) is 5.00 Å². The smallest absolute Gasteiger partial charge is 0.312 e. The van der Waals surface area contributed by atoms with Crippen LogP contribution in [-0.2, 0) is 19.4 Å². The first-order valence-corrected chi connectivity index (χ1v) is 11.0. The van der Waals surface area contributed by atoms with Gasteiger partial charge in [-0.3, -0.25) is 0 Å². The molecule has 0 radical (unpaired) electrons. The van der Waals surface area contributed by atoms with Crippen LogP contribution in [0.15, 0.2) is 48.7 Å². The first kappa shape index (κ1) is 17.6. The molecule has 2 aromatic heterocycles. The number of carbonyl (C=O) groups excluding carboxylic acids is 1. The average molecular weight is 392 g/mol. The summed E-state index contributed by atoms with van der Waals surface area (Å²) >= 11 is 1.93. The Balaban J connectivity index is 1.58. The lowest BCUT2D eigenvalue weighted by Gasteiger charge is -2.30. The maximum absolute atomic E-state index is 13.3. The zero-order valence-electron chi connectivity index (χ0n) is 16.1. The number of benzene rings is 1. The number of anilines is 1. The molecule has 4 nitrogen and oxygen atoms in total. The molecule has 0 saturated heterocycles. The second kappa shape index (κ2) is 7.13. The number of hydrogen-bond acceptors (Lipinski definition) is 2. The zero-order chi connectivity index (χ0) is 19.1. The molecule has 1 N–H and O–H groups in total. The molecule has 144 valence electrons. The van der Waals surface area contributed by atoms with E-state index in [0.29, 0.717) is 6.54 Å². The van der Waals surface area contributed by atoms with E-state index >= 15 is 0 Å². The molecule has 2 amide bonds. The van der Waals surface area contributed by atoms with Crippen LogP contribution in [0.5, 0.6) is 0 Å². The largest absolute Gasteiger partial charge is 0.322 e. The summed E-state index contributed by atoms with van der Waals surface area (Å²) in [5, 5.41) is 4.43. The minimum Gasteiger partial charge on any atom is -0.312 e. The molecule has 2 aliphatic rings. The van der Waals surface area contributed by atoms with Crippen LogP contribution in [0.1, 0.15) is 53.9 Å². The molecule has 0 unspecified atom stereocenters. The van der Waals surface area contributed by atoms with Gasteiger partial charge >= 0.3 is 6.03 Å². The summed E-state index contributed by atoms with van der Waals surface area (Å²) in [5.74, 6) is 0. The molecule has 28 heavy (non-hydrogen) atoms. The zero-order valence-corrected chi connectivity index (χ0v) is 17.0. The summed E-state index contributed by atoms with van der Waals surface area (Å²) in [6.07, 6.45) is 7.91. The number of amides is 2. The molecule has 0 saturated carbocycles. The number of aryl methyl sites for hydroxylation is 1. The van der Waals surface area contributed by atoms with E-state index in [1.807, 2.05) is 46.6 Å². The fourth-order valence-corrected chi connectivity index (χ4v) is 6.03. The van der Waals surface area contributed by atoms with Crippen LogP contribution in [0, 0.1) is 0 Å². The van der Waals surface area contributed by atoms with Crippen molar-refractivity contribution in [3.05, 3.63) is 70.4 Å². The summed E-state index contributed by atoms with van der Waals surface area (Å²) in [6.45, 7) is 2.85. The van der Waals surface area contributed by atoms with Crippen molar-refractivity contribution in [3.63, 3.8) is 0 Å². The number of carbonyl (C=O) groups is 1. The van der Waals surface area contributed by atoms with Gasteiger partial charge in [0.15, 0.2) is 0 Å². The van der Waals surface area contributed by atoms with E-state index in [4.69, 9.17) is 0 Å². The molecule has 0 fully saturated rings. The molecule has 0 bridgehead atoms. The van der Waals surface area contributed by atoms with Crippen LogP contribution < -0.4 is 5.32 Å². The first-order chi connectivity index (χ1) is 13.8. The van der Waals surface area contributed by atoms with E-state index in [1.54, 1.807) is 0 Å². The fourth-order valence-electron chi connectivity index (χ4n) is 4.62. The predicted molar refractivity (Wildman–Crippen MR) is 114 cm³/mol. The number of hydrogen-bond donors (Lipinski definition) is 1. The topological polar surface area (TPSA) is 37.3 Å². The highest BCUT2D eigenvalue weighted by atomic mass is 32.1. The molecule has 0 spiro atoms. The van der Waals surface area contributed by atoms with Crippen molar-refractivity contribution in [3.8, 4) is 5.00 Å². The average Bonchev–Trinajstić information content (AvgIpc) is 3.31. The van der Waals surface area contributed by atoms with E-state index in [2.05, 4.69) is 35.1 Å². The van der Waals surface area contributed by atoms with Crippen LogP contribution >= 0.6 is 11.3 Å². The van der Waals surface area contributed by atoms with Crippen molar-refractivity contribution in [2.75, 3.05) is 5.32 Å². The number of urea groups is 1. The normalized spacial score (nSPS) is 18.0. The van der Waals surface area contributed by atoms with Crippen molar-refractivity contribution in [1.29, 1.82) is 0 Å². The van der Waals surface area contributed by atoms with Crippen molar-refractivity contribution in [1.82, 2.24) is 9.47 Å². The van der Waals surface area contributed by atoms with Gasteiger partial charge in [0.2, 0.25) is 0 Å². The Kier molecular flexibility index (Phi) is 4.47. The highest BCUT2D eigenvalue weighted by Crippen LogP contribution is 2.43. The summed E-state index contributed by atoms with van der Waals surface area (Å²) < 4.78 is 2.34. The summed E-state index contributed by atoms with van der Waals surface area (Å²) in [6, 6.07) is 14.1. The van der Waals surface area contributed by atoms with E-state index in [1.165, 1.54) is 46.0 Å². The lowest BCUT2D eigenvalue weighted by Crippen LogP contribution is -2.37. The van der Waals surface area contributed by atoms with Gasteiger partial charge in [-0.1, -0.05) is 25.1 Å². The minimum absolute atomic E-state index is 0.0191. The van der Waals surface area contributed by atoms with E-state index < -0.39 is 0 Å². The van der Waals surface area contributed by atoms with Gasteiger partial charge < -0.3 is 14.8 Å². The Hall–Kier alpha value is -2.53. The number of rotatable bonds is 2. The van der Waals surface area contributed by atoms with Gasteiger partial charge in [-0.2, -0.15) is 0 Å². The lowest BCUT2D eigenvalue weighted by atomic mass is 9.95. The van der Waals surface area contributed by atoms with Crippen molar-refractivity contribution < 1.29 is 4.79 Å². The number of para-hydroxylation sites is 1. The molecular formula is C23H25N3OS. The summed E-state index contributed by atoms with van der Waals surface area (Å²) in [4.78, 5) is 16.9. The number of nitrogens with zero attached hydrogens (tertiary/aromatic N) is 2. The van der Waals surface area contributed by atoms with Gasteiger partial charge in [-0.05, 0) is 61.9 Å². The van der Waals surface area contributed by atoms with Crippen LogP contribution in [0.4, 0.5) is 10.5 Å². The first-order valence-electron chi connectivity index (χ1n) is 10.2. The molecule has 3 aromatic rings.